The second kappa shape index (κ2) is 6.99. The summed E-state index contributed by atoms with van der Waals surface area (Å²) in [6.07, 6.45) is 5.61. The second-order valence-corrected chi connectivity index (χ2v) is 9.33. The zero-order chi connectivity index (χ0) is 19.0. The van der Waals surface area contributed by atoms with E-state index in [0.29, 0.717) is 12.2 Å². The van der Waals surface area contributed by atoms with Gasteiger partial charge in [-0.25, -0.2) is 13.2 Å². The van der Waals surface area contributed by atoms with E-state index in [1.54, 1.807) is 17.0 Å². The van der Waals surface area contributed by atoms with E-state index in [0.717, 1.165) is 30.4 Å². The number of hydrogen-bond donors (Lipinski definition) is 0. The van der Waals surface area contributed by atoms with Crippen molar-refractivity contribution < 1.29 is 22.0 Å². The third-order valence-corrected chi connectivity index (χ3v) is 6.98. The monoisotopic (exact) mass is 395 g/mol. The molecule has 0 bridgehead atoms. The van der Waals surface area contributed by atoms with E-state index in [1.165, 1.54) is 6.26 Å². The van der Waals surface area contributed by atoms with Crippen molar-refractivity contribution in [2.24, 2.45) is 0 Å². The topological polar surface area (TPSA) is 116 Å². The largest absolute Gasteiger partial charge is 0.459 e. The quantitative estimate of drug-likeness (QED) is 0.743. The van der Waals surface area contributed by atoms with Crippen molar-refractivity contribution >= 4 is 15.7 Å². The highest BCUT2D eigenvalue weighted by Gasteiger charge is 2.39. The van der Waals surface area contributed by atoms with Crippen molar-refractivity contribution in [3.63, 3.8) is 0 Å². The molecule has 2 aliphatic rings. The van der Waals surface area contributed by atoms with E-state index in [2.05, 4.69) is 5.10 Å². The third kappa shape index (κ3) is 3.71. The number of nitrogens with zero attached hydrogens (tertiary/aromatic N) is 3. The fourth-order valence-electron chi connectivity index (χ4n) is 4.00. The molecule has 146 valence electrons. The minimum Gasteiger partial charge on any atom is -0.459 e. The first-order valence-electron chi connectivity index (χ1n) is 9.06. The van der Waals surface area contributed by atoms with Crippen molar-refractivity contribution in [3.8, 4) is 11.7 Å². The Morgan fingerprint density at radius 3 is 2.67 bits per heavy atom. The predicted octanol–water partition coefficient (Wildman–Crippen LogP) is 1.05. The standard InChI is InChI=1S/C17H21N3O6S/c21-15(10-19-17(22)26-16(18-19)14-6-3-8-25-14)20(12-4-1-2-5-12)13-7-9-27(23,24)11-13/h3,6,8,12-13H,1-2,4-5,7,9-11H2. The summed E-state index contributed by atoms with van der Waals surface area (Å²) in [7, 11) is -3.12. The van der Waals surface area contributed by atoms with Crippen LogP contribution in [0.2, 0.25) is 0 Å². The normalized spacial score (nSPS) is 22.3. The van der Waals surface area contributed by atoms with Crippen LogP contribution in [0.1, 0.15) is 32.1 Å². The summed E-state index contributed by atoms with van der Waals surface area (Å²) in [5.74, 6) is -0.659. The summed E-state index contributed by atoms with van der Waals surface area (Å²) in [4.78, 5) is 26.8. The molecule has 2 aromatic heterocycles. The Labute approximate surface area is 155 Å². The molecule has 9 nitrogen and oxygen atoms in total. The van der Waals surface area contributed by atoms with Gasteiger partial charge >= 0.3 is 5.76 Å². The molecule has 1 aliphatic carbocycles. The Morgan fingerprint density at radius 2 is 2.04 bits per heavy atom. The van der Waals surface area contributed by atoms with Crippen LogP contribution < -0.4 is 5.76 Å². The number of sulfone groups is 1. The van der Waals surface area contributed by atoms with Crippen LogP contribution >= 0.6 is 0 Å². The molecule has 2 aromatic rings. The Balaban J connectivity index is 1.56. The van der Waals surface area contributed by atoms with Crippen LogP contribution in [0, 0.1) is 0 Å². The smallest absolute Gasteiger partial charge is 0.437 e. The second-order valence-electron chi connectivity index (χ2n) is 7.10. The zero-order valence-electron chi connectivity index (χ0n) is 14.7. The van der Waals surface area contributed by atoms with Crippen LogP contribution in [0.4, 0.5) is 0 Å². The maximum absolute atomic E-state index is 13.0. The van der Waals surface area contributed by atoms with Crippen LogP contribution in [-0.4, -0.2) is 52.6 Å². The molecule has 1 unspecified atom stereocenters. The van der Waals surface area contributed by atoms with E-state index in [4.69, 9.17) is 8.83 Å². The van der Waals surface area contributed by atoms with Crippen LogP contribution in [0.25, 0.3) is 11.7 Å². The van der Waals surface area contributed by atoms with Gasteiger partial charge in [-0.05, 0) is 31.4 Å². The van der Waals surface area contributed by atoms with Gasteiger partial charge < -0.3 is 13.7 Å². The third-order valence-electron chi connectivity index (χ3n) is 5.23. The molecule has 4 rings (SSSR count). The van der Waals surface area contributed by atoms with Gasteiger partial charge in [0.05, 0.1) is 17.8 Å². The van der Waals surface area contributed by atoms with Crippen LogP contribution in [0.5, 0.6) is 0 Å². The first-order valence-corrected chi connectivity index (χ1v) is 10.9. The highest BCUT2D eigenvalue weighted by Crippen LogP contribution is 2.29. The molecule has 2 fully saturated rings. The predicted molar refractivity (Wildman–Crippen MR) is 94.6 cm³/mol. The summed E-state index contributed by atoms with van der Waals surface area (Å²) < 4.78 is 35.0. The Bertz CT molecular complexity index is 969. The van der Waals surface area contributed by atoms with Crippen LogP contribution in [0.3, 0.4) is 0 Å². The lowest BCUT2D eigenvalue weighted by Gasteiger charge is -2.33. The minimum atomic E-state index is -3.12. The average molecular weight is 395 g/mol. The van der Waals surface area contributed by atoms with Gasteiger partial charge in [0.2, 0.25) is 5.91 Å². The van der Waals surface area contributed by atoms with Crippen molar-refractivity contribution in [2.75, 3.05) is 11.5 Å². The fourth-order valence-corrected chi connectivity index (χ4v) is 5.71. The summed E-state index contributed by atoms with van der Waals surface area (Å²) in [6.45, 7) is -0.282. The van der Waals surface area contributed by atoms with Gasteiger partial charge in [-0.1, -0.05) is 12.8 Å². The van der Waals surface area contributed by atoms with Gasteiger partial charge in [-0.3, -0.25) is 4.79 Å². The molecular formula is C17H21N3O6S. The summed E-state index contributed by atoms with van der Waals surface area (Å²) in [5.41, 5.74) is 0. The lowest BCUT2D eigenvalue weighted by atomic mass is 10.1. The minimum absolute atomic E-state index is 0.00802. The van der Waals surface area contributed by atoms with Gasteiger partial charge in [0.1, 0.15) is 6.54 Å². The van der Waals surface area contributed by atoms with Gasteiger partial charge in [-0.15, -0.1) is 5.10 Å². The van der Waals surface area contributed by atoms with E-state index in [1.807, 2.05) is 0 Å². The lowest BCUT2D eigenvalue weighted by Crippen LogP contribution is -2.48. The molecule has 1 aliphatic heterocycles. The summed E-state index contributed by atoms with van der Waals surface area (Å²) in [6, 6.07) is 2.92. The summed E-state index contributed by atoms with van der Waals surface area (Å²) >= 11 is 0. The number of amides is 1. The van der Waals surface area contributed by atoms with Gasteiger partial charge in [0, 0.05) is 12.1 Å². The first kappa shape index (κ1) is 18.0. The Morgan fingerprint density at radius 1 is 1.26 bits per heavy atom. The number of aromatic nitrogens is 2. The van der Waals surface area contributed by atoms with Crippen molar-refractivity contribution in [1.82, 2.24) is 14.7 Å². The molecule has 1 amide bonds. The molecule has 10 heteroatoms. The SMILES string of the molecule is O=C(Cn1nc(-c2ccco2)oc1=O)N(C1CCCC1)C1CCS(=O)(=O)C1. The van der Waals surface area contributed by atoms with E-state index in [-0.39, 0.29) is 41.9 Å². The molecule has 3 heterocycles. The highest BCUT2D eigenvalue weighted by atomic mass is 32.2. The number of hydrogen-bond acceptors (Lipinski definition) is 7. The first-order chi connectivity index (χ1) is 12.9. The number of rotatable bonds is 5. The van der Waals surface area contributed by atoms with E-state index >= 15 is 0 Å². The fraction of sp³-hybridized carbons (Fsp3) is 0.588. The van der Waals surface area contributed by atoms with Gasteiger partial charge in [0.25, 0.3) is 5.89 Å². The van der Waals surface area contributed by atoms with Crippen LogP contribution in [-0.2, 0) is 21.2 Å². The van der Waals surface area contributed by atoms with E-state index < -0.39 is 15.6 Å². The molecular weight excluding hydrogens is 374 g/mol. The van der Waals surface area contributed by atoms with Gasteiger partial charge in [-0.2, -0.15) is 4.68 Å². The lowest BCUT2D eigenvalue weighted by molar-refractivity contribution is -0.136. The molecule has 1 saturated heterocycles. The molecule has 1 saturated carbocycles. The molecule has 0 radical (unpaired) electrons. The Kier molecular flexibility index (Phi) is 4.67. The maximum Gasteiger partial charge on any atom is 0.437 e. The number of furan rings is 1. The number of carbonyl (C=O) groups is 1. The van der Waals surface area contributed by atoms with Crippen LogP contribution in [0.15, 0.2) is 32.0 Å². The highest BCUT2D eigenvalue weighted by molar-refractivity contribution is 7.91. The molecule has 1 atom stereocenters. The average Bonchev–Trinajstić information content (AvgIpc) is 3.37. The van der Waals surface area contributed by atoms with Gasteiger partial charge in [0.15, 0.2) is 15.6 Å². The molecule has 27 heavy (non-hydrogen) atoms. The molecule has 0 N–H and O–H groups in total. The van der Waals surface area contributed by atoms with Crippen molar-refractivity contribution in [1.29, 1.82) is 0 Å². The Hall–Kier alpha value is -2.36. The van der Waals surface area contributed by atoms with E-state index in [9.17, 15) is 18.0 Å². The molecule has 0 aromatic carbocycles. The summed E-state index contributed by atoms with van der Waals surface area (Å²) in [5, 5.41) is 4.03. The zero-order valence-corrected chi connectivity index (χ0v) is 15.6. The number of carbonyl (C=O) groups excluding carboxylic acids is 1. The molecule has 0 spiro atoms. The van der Waals surface area contributed by atoms with Crippen molar-refractivity contribution in [2.45, 2.75) is 50.7 Å². The van der Waals surface area contributed by atoms with Crippen molar-refractivity contribution in [3.05, 3.63) is 28.9 Å². The maximum atomic E-state index is 13.0.